The van der Waals surface area contributed by atoms with Gasteiger partial charge in [0.05, 0.1) is 6.61 Å². The molecule has 1 heterocycles. The molecular weight excluding hydrogens is 342 g/mol. The number of hydrogen-bond acceptors (Lipinski definition) is 4. The maximum absolute atomic E-state index is 12.6. The molecule has 27 heavy (non-hydrogen) atoms. The number of ether oxygens (including phenoxy) is 3. The first-order valence-corrected chi connectivity index (χ1v) is 9.60. The molecule has 0 saturated carbocycles. The summed E-state index contributed by atoms with van der Waals surface area (Å²) in [5, 5.41) is 0. The summed E-state index contributed by atoms with van der Waals surface area (Å²) in [6.07, 6.45) is 3.27. The molecule has 1 amide bonds. The van der Waals surface area contributed by atoms with Crippen LogP contribution in [0.15, 0.2) is 60.7 Å². The lowest BCUT2D eigenvalue weighted by molar-refractivity contribution is -0.136. The lowest BCUT2D eigenvalue weighted by Gasteiger charge is -2.24. The van der Waals surface area contributed by atoms with E-state index in [1.807, 2.05) is 60.7 Å². The Bertz CT molecular complexity index is 626. The van der Waals surface area contributed by atoms with Crippen LogP contribution in [-0.2, 0) is 16.1 Å². The molecule has 0 aliphatic carbocycles. The van der Waals surface area contributed by atoms with E-state index in [4.69, 9.17) is 14.2 Å². The molecule has 0 radical (unpaired) electrons. The van der Waals surface area contributed by atoms with E-state index < -0.39 is 6.29 Å². The molecule has 0 aromatic heterocycles. The maximum atomic E-state index is 12.6. The number of hydrogen-bond donors (Lipinski definition) is 0. The standard InChI is InChI=1S/C22H27NO4/c24-22(23-15-9-1-2-10-16-23)27-21(18-25-20-13-7-4-8-14-20)26-17-19-11-5-3-6-12-19/h3-8,11-14,21H,1-2,9-10,15-18H2. The molecule has 0 bridgehead atoms. The first kappa shape index (κ1) is 19.2. The molecule has 5 nitrogen and oxygen atoms in total. The number of amides is 1. The lowest BCUT2D eigenvalue weighted by Crippen LogP contribution is -2.37. The Morgan fingerprint density at radius 2 is 1.52 bits per heavy atom. The molecule has 1 aliphatic heterocycles. The van der Waals surface area contributed by atoms with Crippen LogP contribution in [0.1, 0.15) is 31.2 Å². The van der Waals surface area contributed by atoms with Crippen LogP contribution < -0.4 is 4.74 Å². The van der Waals surface area contributed by atoms with Crippen LogP contribution in [0.3, 0.4) is 0 Å². The number of para-hydroxylation sites is 1. The van der Waals surface area contributed by atoms with Gasteiger partial charge in [0.2, 0.25) is 6.29 Å². The van der Waals surface area contributed by atoms with E-state index in [2.05, 4.69) is 0 Å². The van der Waals surface area contributed by atoms with Crippen molar-refractivity contribution in [3.05, 3.63) is 66.2 Å². The van der Waals surface area contributed by atoms with Crippen molar-refractivity contribution in [3.8, 4) is 5.75 Å². The molecule has 0 spiro atoms. The molecule has 1 atom stereocenters. The zero-order chi connectivity index (χ0) is 18.7. The quantitative estimate of drug-likeness (QED) is 0.668. The van der Waals surface area contributed by atoms with Crippen LogP contribution in [0.2, 0.25) is 0 Å². The predicted octanol–water partition coefficient (Wildman–Crippen LogP) is 4.62. The molecule has 2 aromatic rings. The summed E-state index contributed by atoms with van der Waals surface area (Å²) in [4.78, 5) is 14.3. The monoisotopic (exact) mass is 369 g/mol. The first-order valence-electron chi connectivity index (χ1n) is 9.60. The number of carbonyl (C=O) groups is 1. The Labute approximate surface area is 160 Å². The van der Waals surface area contributed by atoms with Crippen LogP contribution in [0, 0.1) is 0 Å². The van der Waals surface area contributed by atoms with E-state index in [9.17, 15) is 4.79 Å². The molecule has 5 heteroatoms. The fourth-order valence-electron chi connectivity index (χ4n) is 3.00. The second kappa shape index (κ2) is 10.6. The molecule has 1 fully saturated rings. The highest BCUT2D eigenvalue weighted by atomic mass is 16.7. The van der Waals surface area contributed by atoms with Gasteiger partial charge in [0.15, 0.2) is 6.61 Å². The average molecular weight is 369 g/mol. The van der Waals surface area contributed by atoms with Gasteiger partial charge >= 0.3 is 6.09 Å². The number of nitrogens with zero attached hydrogens (tertiary/aromatic N) is 1. The summed E-state index contributed by atoms with van der Waals surface area (Å²) < 4.78 is 17.2. The van der Waals surface area contributed by atoms with Crippen molar-refractivity contribution in [2.45, 2.75) is 38.6 Å². The molecule has 144 valence electrons. The Kier molecular flexibility index (Phi) is 7.54. The number of rotatable bonds is 7. The molecular formula is C22H27NO4. The largest absolute Gasteiger partial charge is 0.487 e. The lowest BCUT2D eigenvalue weighted by atomic mass is 10.2. The Morgan fingerprint density at radius 3 is 2.19 bits per heavy atom. The van der Waals surface area contributed by atoms with E-state index in [-0.39, 0.29) is 12.7 Å². The van der Waals surface area contributed by atoms with Crippen LogP contribution in [0.4, 0.5) is 4.79 Å². The summed E-state index contributed by atoms with van der Waals surface area (Å²) in [5.74, 6) is 0.719. The predicted molar refractivity (Wildman–Crippen MR) is 103 cm³/mol. The average Bonchev–Trinajstić information content (AvgIpc) is 3.01. The van der Waals surface area contributed by atoms with Crippen molar-refractivity contribution in [1.29, 1.82) is 0 Å². The van der Waals surface area contributed by atoms with E-state index >= 15 is 0 Å². The van der Waals surface area contributed by atoms with Gasteiger partial charge in [0.25, 0.3) is 0 Å². The highest BCUT2D eigenvalue weighted by Crippen LogP contribution is 2.14. The molecule has 1 unspecified atom stereocenters. The van der Waals surface area contributed by atoms with Crippen LogP contribution >= 0.6 is 0 Å². The number of benzene rings is 2. The highest BCUT2D eigenvalue weighted by molar-refractivity contribution is 5.67. The van der Waals surface area contributed by atoms with Gasteiger partial charge in [-0.2, -0.15) is 0 Å². The van der Waals surface area contributed by atoms with E-state index in [0.29, 0.717) is 6.61 Å². The van der Waals surface area contributed by atoms with Gasteiger partial charge in [0.1, 0.15) is 5.75 Å². The second-order valence-electron chi connectivity index (χ2n) is 6.64. The van der Waals surface area contributed by atoms with Gasteiger partial charge in [-0.3, -0.25) is 0 Å². The summed E-state index contributed by atoms with van der Waals surface area (Å²) >= 11 is 0. The van der Waals surface area contributed by atoms with Crippen molar-refractivity contribution < 1.29 is 19.0 Å². The SMILES string of the molecule is O=C(OC(COc1ccccc1)OCc1ccccc1)N1CCCCCC1. The van der Waals surface area contributed by atoms with E-state index in [1.54, 1.807) is 4.90 Å². The van der Waals surface area contributed by atoms with Crippen molar-refractivity contribution in [2.75, 3.05) is 19.7 Å². The van der Waals surface area contributed by atoms with Gasteiger partial charge in [-0.25, -0.2) is 4.79 Å². The van der Waals surface area contributed by atoms with Crippen molar-refractivity contribution >= 4 is 6.09 Å². The minimum atomic E-state index is -0.763. The molecule has 1 saturated heterocycles. The zero-order valence-corrected chi connectivity index (χ0v) is 15.6. The Balaban J connectivity index is 1.57. The Hall–Kier alpha value is -2.53. The normalized spacial score (nSPS) is 15.6. The summed E-state index contributed by atoms with van der Waals surface area (Å²) in [6.45, 7) is 1.99. The third-order valence-electron chi connectivity index (χ3n) is 4.50. The number of likely N-dealkylation sites (tertiary alicyclic amines) is 1. The van der Waals surface area contributed by atoms with Gasteiger partial charge < -0.3 is 19.1 Å². The minimum absolute atomic E-state index is 0.149. The Morgan fingerprint density at radius 1 is 0.889 bits per heavy atom. The van der Waals surface area contributed by atoms with Crippen molar-refractivity contribution in [3.63, 3.8) is 0 Å². The van der Waals surface area contributed by atoms with Gasteiger partial charge in [-0.15, -0.1) is 0 Å². The fourth-order valence-corrected chi connectivity index (χ4v) is 3.00. The summed E-state index contributed by atoms with van der Waals surface area (Å²) in [7, 11) is 0. The third-order valence-corrected chi connectivity index (χ3v) is 4.50. The molecule has 3 rings (SSSR count). The van der Waals surface area contributed by atoms with Crippen molar-refractivity contribution in [2.24, 2.45) is 0 Å². The van der Waals surface area contributed by atoms with E-state index in [1.165, 1.54) is 0 Å². The maximum Gasteiger partial charge on any atom is 0.412 e. The highest BCUT2D eigenvalue weighted by Gasteiger charge is 2.22. The fraction of sp³-hybridized carbons (Fsp3) is 0.409. The van der Waals surface area contributed by atoms with E-state index in [0.717, 1.165) is 50.1 Å². The first-order chi connectivity index (χ1) is 13.3. The molecule has 1 aliphatic rings. The smallest absolute Gasteiger partial charge is 0.412 e. The zero-order valence-electron chi connectivity index (χ0n) is 15.6. The van der Waals surface area contributed by atoms with Crippen LogP contribution in [0.5, 0.6) is 5.75 Å². The molecule has 0 N–H and O–H groups in total. The summed E-state index contributed by atoms with van der Waals surface area (Å²) in [5.41, 5.74) is 1.02. The summed E-state index contributed by atoms with van der Waals surface area (Å²) in [6, 6.07) is 19.3. The molecule has 2 aromatic carbocycles. The number of carbonyl (C=O) groups excluding carboxylic acids is 1. The van der Waals surface area contributed by atoms with Gasteiger partial charge in [0, 0.05) is 13.1 Å². The second-order valence-corrected chi connectivity index (χ2v) is 6.64. The minimum Gasteiger partial charge on any atom is -0.487 e. The van der Waals surface area contributed by atoms with Crippen LogP contribution in [-0.4, -0.2) is 37.0 Å². The van der Waals surface area contributed by atoms with Crippen LogP contribution in [0.25, 0.3) is 0 Å². The topological polar surface area (TPSA) is 48.0 Å². The third kappa shape index (κ3) is 6.61. The van der Waals surface area contributed by atoms with Gasteiger partial charge in [-0.1, -0.05) is 61.4 Å². The van der Waals surface area contributed by atoms with Gasteiger partial charge in [-0.05, 0) is 30.5 Å². The van der Waals surface area contributed by atoms with Crippen molar-refractivity contribution in [1.82, 2.24) is 4.90 Å².